The Hall–Kier alpha value is -3.81. The van der Waals surface area contributed by atoms with Gasteiger partial charge < -0.3 is 54.6 Å². The molecular weight excluding hydrogens is 745 g/mol. The van der Waals surface area contributed by atoms with Crippen molar-refractivity contribution in [3.8, 4) is 10.4 Å². The molecule has 5 N–H and O–H groups in total. The topological polar surface area (TPSA) is 210 Å². The van der Waals surface area contributed by atoms with E-state index in [1.54, 1.807) is 18.5 Å². The number of hydrogen-bond acceptors (Lipinski definition) is 14. The van der Waals surface area contributed by atoms with Crippen LogP contribution < -0.4 is 16.4 Å². The number of benzene rings is 1. The summed E-state index contributed by atoms with van der Waals surface area (Å²) in [5, 5.41) is 20.5. The molecule has 56 heavy (non-hydrogen) atoms. The number of rotatable bonds is 26. The number of ether oxygens (including phenoxy) is 5. The highest BCUT2D eigenvalue weighted by Crippen LogP contribution is 2.32. The number of nitrogens with one attached hydrogen (secondary N) is 2. The van der Waals surface area contributed by atoms with Crippen LogP contribution >= 0.6 is 11.3 Å². The molecule has 1 aromatic carbocycles. The molecule has 17 heteroatoms. The number of nitrogens with two attached hydrogens (primary N) is 1. The number of aryl methyl sites for hydroxylation is 2. The summed E-state index contributed by atoms with van der Waals surface area (Å²) >= 11 is 1.53. The normalized spacial score (nSPS) is 16.7. The highest BCUT2D eigenvalue weighted by Gasteiger charge is 2.43. The summed E-state index contributed by atoms with van der Waals surface area (Å²) in [5.74, 6) is -1.50. The van der Waals surface area contributed by atoms with E-state index in [0.29, 0.717) is 83.0 Å². The lowest BCUT2D eigenvalue weighted by Gasteiger charge is -2.30. The van der Waals surface area contributed by atoms with Crippen molar-refractivity contribution in [2.45, 2.75) is 64.6 Å². The van der Waals surface area contributed by atoms with E-state index in [9.17, 15) is 19.5 Å². The molecule has 4 rings (SSSR count). The Morgan fingerprint density at radius 3 is 2.09 bits per heavy atom. The summed E-state index contributed by atoms with van der Waals surface area (Å²) in [7, 11) is 0. The van der Waals surface area contributed by atoms with Crippen LogP contribution in [-0.4, -0.2) is 136 Å². The largest absolute Gasteiger partial charge is 0.391 e. The monoisotopic (exact) mass is 802 g/mol. The second kappa shape index (κ2) is 24.1. The van der Waals surface area contributed by atoms with Crippen LogP contribution in [-0.2, 0) is 38.1 Å². The minimum absolute atomic E-state index is 0.00258. The van der Waals surface area contributed by atoms with Crippen LogP contribution in [0.3, 0.4) is 0 Å². The maximum atomic E-state index is 14.0. The van der Waals surface area contributed by atoms with Crippen LogP contribution in [0.5, 0.6) is 0 Å². The standard InChI is InChI=1S/C39H58N6O10S/c1-26(2)36(34-21-27(3)44-55-34)39(49)45-24-31(46)22-33(45)38(48)43-32(29-5-7-30(8-6-29)37-28(4)42-25-56-37)23-35(47)41-10-12-51-14-16-53-18-20-54-19-17-52-15-13-50-11-9-40/h5-8,21,25-26,31-33,36,46H,9-20,22-24,40H2,1-4H3,(H,41,47)(H,43,48)/t31-,32+,33+,36-/m1/s1. The number of β-amino-alcohol motifs (C(OH)–C–C–N with tert-alkyl or cyclic N) is 1. The van der Waals surface area contributed by atoms with Crippen molar-refractivity contribution >= 4 is 29.1 Å². The molecule has 4 atom stereocenters. The van der Waals surface area contributed by atoms with Crippen LogP contribution in [0, 0.1) is 19.8 Å². The van der Waals surface area contributed by atoms with Crippen LogP contribution in [0.25, 0.3) is 10.4 Å². The molecule has 2 aromatic heterocycles. The third-order valence-electron chi connectivity index (χ3n) is 9.10. The van der Waals surface area contributed by atoms with Crippen LogP contribution in [0.4, 0.5) is 0 Å². The predicted molar refractivity (Wildman–Crippen MR) is 209 cm³/mol. The lowest BCUT2D eigenvalue weighted by Crippen LogP contribution is -2.49. The van der Waals surface area contributed by atoms with Crippen LogP contribution in [0.15, 0.2) is 40.4 Å². The van der Waals surface area contributed by atoms with Crippen molar-refractivity contribution in [2.75, 3.05) is 85.7 Å². The molecule has 3 heterocycles. The second-order valence-corrected chi connectivity index (χ2v) is 14.7. The van der Waals surface area contributed by atoms with Crippen molar-refractivity contribution in [3.63, 3.8) is 0 Å². The lowest BCUT2D eigenvalue weighted by atomic mass is 9.91. The Morgan fingerprint density at radius 1 is 0.946 bits per heavy atom. The Bertz CT molecular complexity index is 1620. The van der Waals surface area contributed by atoms with Crippen molar-refractivity contribution in [3.05, 3.63) is 58.6 Å². The Labute approximate surface area is 332 Å². The number of aromatic nitrogens is 2. The average Bonchev–Trinajstić information content (AvgIpc) is 3.92. The fourth-order valence-electron chi connectivity index (χ4n) is 6.30. The lowest BCUT2D eigenvalue weighted by molar-refractivity contribution is -0.141. The van der Waals surface area contributed by atoms with E-state index in [2.05, 4.69) is 20.8 Å². The number of carbonyl (C=O) groups is 3. The van der Waals surface area contributed by atoms with Crippen LogP contribution in [0.2, 0.25) is 0 Å². The summed E-state index contributed by atoms with van der Waals surface area (Å²) < 4.78 is 32.7. The summed E-state index contributed by atoms with van der Waals surface area (Å²) in [6, 6.07) is 7.69. The molecule has 1 saturated heterocycles. The number of carbonyl (C=O) groups excluding carboxylic acids is 3. The number of amides is 3. The van der Waals surface area contributed by atoms with Gasteiger partial charge in [-0.15, -0.1) is 11.3 Å². The van der Waals surface area contributed by atoms with E-state index >= 15 is 0 Å². The summed E-state index contributed by atoms with van der Waals surface area (Å²) in [6.07, 6.45) is -0.879. The maximum Gasteiger partial charge on any atom is 0.243 e. The molecule has 1 aliphatic heterocycles. The molecule has 0 aliphatic carbocycles. The molecule has 1 fully saturated rings. The van der Waals surface area contributed by atoms with E-state index in [-0.39, 0.29) is 50.3 Å². The first-order valence-electron chi connectivity index (χ1n) is 19.2. The minimum atomic E-state index is -0.944. The third-order valence-corrected chi connectivity index (χ3v) is 10.1. The van der Waals surface area contributed by atoms with Gasteiger partial charge in [-0.25, -0.2) is 4.98 Å². The van der Waals surface area contributed by atoms with Gasteiger partial charge in [0.2, 0.25) is 17.7 Å². The zero-order valence-corrected chi connectivity index (χ0v) is 33.7. The molecule has 0 radical (unpaired) electrons. The van der Waals surface area contributed by atoms with Gasteiger partial charge in [0.15, 0.2) is 0 Å². The molecule has 3 amide bonds. The molecule has 0 spiro atoms. The van der Waals surface area contributed by atoms with E-state index in [4.69, 9.17) is 33.9 Å². The van der Waals surface area contributed by atoms with Crippen molar-refractivity contribution in [1.82, 2.24) is 25.7 Å². The van der Waals surface area contributed by atoms with Gasteiger partial charge in [0.1, 0.15) is 17.7 Å². The molecule has 1 aliphatic rings. The van der Waals surface area contributed by atoms with Gasteiger partial charge in [0.25, 0.3) is 0 Å². The zero-order valence-electron chi connectivity index (χ0n) is 32.9. The molecule has 0 bridgehead atoms. The fourth-order valence-corrected chi connectivity index (χ4v) is 7.11. The van der Waals surface area contributed by atoms with Crippen molar-refractivity contribution in [2.24, 2.45) is 11.7 Å². The molecular formula is C39H58N6O10S. The highest BCUT2D eigenvalue weighted by atomic mass is 32.1. The SMILES string of the molecule is Cc1cc([C@H](C(=O)N2C[C@H](O)C[C@H]2C(=O)N[C@@H](CC(=O)NCCOCCOCCOCCOCCOCCN)c2ccc(-c3scnc3C)cc2)C(C)C)on1. The maximum absolute atomic E-state index is 14.0. The number of aliphatic hydroxyl groups excluding tert-OH is 1. The Morgan fingerprint density at radius 2 is 1.55 bits per heavy atom. The smallest absolute Gasteiger partial charge is 0.243 e. The summed E-state index contributed by atoms with van der Waals surface area (Å²) in [4.78, 5) is 48.0. The molecule has 0 unspecified atom stereocenters. The van der Waals surface area contributed by atoms with E-state index in [0.717, 1.165) is 16.1 Å². The van der Waals surface area contributed by atoms with E-state index in [1.807, 2.05) is 45.0 Å². The quantitative estimate of drug-likeness (QED) is 0.0862. The van der Waals surface area contributed by atoms with E-state index in [1.165, 1.54) is 16.2 Å². The average molecular weight is 803 g/mol. The second-order valence-electron chi connectivity index (χ2n) is 13.8. The first-order valence-corrected chi connectivity index (χ1v) is 20.0. The van der Waals surface area contributed by atoms with Gasteiger partial charge in [0, 0.05) is 32.1 Å². The van der Waals surface area contributed by atoms with Crippen molar-refractivity contribution in [1.29, 1.82) is 0 Å². The predicted octanol–water partition coefficient (Wildman–Crippen LogP) is 2.52. The number of hydrogen-bond donors (Lipinski definition) is 4. The van der Waals surface area contributed by atoms with Gasteiger partial charge in [0.05, 0.1) is 106 Å². The van der Waals surface area contributed by atoms with Gasteiger partial charge in [-0.2, -0.15) is 0 Å². The fraction of sp³-hybridized carbons (Fsp3) is 0.615. The molecule has 310 valence electrons. The number of nitrogens with zero attached hydrogens (tertiary/aromatic N) is 3. The number of aliphatic hydroxyl groups is 1. The first kappa shape index (κ1) is 44.9. The molecule has 3 aromatic rings. The first-order chi connectivity index (χ1) is 27.1. The van der Waals surface area contributed by atoms with Crippen molar-refractivity contribution < 1.29 is 47.7 Å². The molecule has 16 nitrogen and oxygen atoms in total. The Kier molecular flexibility index (Phi) is 19.3. The van der Waals surface area contributed by atoms with Gasteiger partial charge >= 0.3 is 0 Å². The van der Waals surface area contributed by atoms with E-state index < -0.39 is 30.0 Å². The summed E-state index contributed by atoms with van der Waals surface area (Å²) in [5.41, 5.74) is 10.4. The highest BCUT2D eigenvalue weighted by molar-refractivity contribution is 7.13. The van der Waals surface area contributed by atoms with Gasteiger partial charge in [-0.3, -0.25) is 14.4 Å². The zero-order chi connectivity index (χ0) is 40.3. The summed E-state index contributed by atoms with van der Waals surface area (Å²) in [6.45, 7) is 12.6. The van der Waals surface area contributed by atoms with Gasteiger partial charge in [-0.1, -0.05) is 43.3 Å². The van der Waals surface area contributed by atoms with Crippen LogP contribution in [0.1, 0.15) is 61.4 Å². The minimum Gasteiger partial charge on any atom is -0.391 e. The number of thiazole rings is 1. The Balaban J connectivity index is 1.27. The third kappa shape index (κ3) is 14.3. The van der Waals surface area contributed by atoms with Gasteiger partial charge in [-0.05, 0) is 30.9 Å². The molecule has 0 saturated carbocycles. The number of likely N-dealkylation sites (tertiary alicyclic amines) is 1.